The van der Waals surface area contributed by atoms with Crippen LogP contribution >= 0.6 is 0 Å². The summed E-state index contributed by atoms with van der Waals surface area (Å²) in [5.41, 5.74) is 0.0156. The number of carbonyl (C=O) groups excluding carboxylic acids is 2. The number of pyridine rings is 1. The van der Waals surface area contributed by atoms with Gasteiger partial charge in [0.2, 0.25) is 11.8 Å². The molecule has 2 amide bonds. The molecule has 4 aromatic rings. The summed E-state index contributed by atoms with van der Waals surface area (Å²) < 4.78 is 39.4. The molecule has 1 aliphatic carbocycles. The number of amides is 2. The van der Waals surface area contributed by atoms with E-state index in [1.165, 1.54) is 42.6 Å². The molecule has 12 heteroatoms. The molecule has 0 radical (unpaired) electrons. The Morgan fingerprint density at radius 2 is 1.60 bits per heavy atom. The molecular weight excluding hydrogens is 522 g/mol. The van der Waals surface area contributed by atoms with Crippen LogP contribution in [0.5, 0.6) is 11.5 Å². The number of nitrogens with one attached hydrogen (secondary N) is 2. The van der Waals surface area contributed by atoms with E-state index in [4.69, 9.17) is 9.47 Å². The van der Waals surface area contributed by atoms with Crippen molar-refractivity contribution in [2.45, 2.75) is 12.8 Å². The fourth-order valence-corrected chi connectivity index (χ4v) is 4.41. The maximum Gasteiger partial charge on any atom is 0.240 e. The number of anilines is 3. The Kier molecular flexibility index (Phi) is 6.68. The number of hydrogen-bond acceptors (Lipinski definition) is 8. The van der Waals surface area contributed by atoms with Gasteiger partial charge >= 0.3 is 0 Å². The third-order valence-electron chi connectivity index (χ3n) is 6.86. The van der Waals surface area contributed by atoms with E-state index in [0.29, 0.717) is 61.8 Å². The molecule has 1 saturated carbocycles. The average molecular weight is 547 g/mol. The number of ether oxygens (including phenoxy) is 2. The smallest absolute Gasteiger partial charge is 0.240 e. The highest BCUT2D eigenvalue weighted by atomic mass is 19.1. The summed E-state index contributed by atoms with van der Waals surface area (Å²) in [6.07, 6.45) is 3.82. The van der Waals surface area contributed by atoms with Gasteiger partial charge in [0.1, 0.15) is 17.1 Å². The zero-order chi connectivity index (χ0) is 27.7. The van der Waals surface area contributed by atoms with Crippen molar-refractivity contribution < 1.29 is 27.8 Å². The maximum absolute atomic E-state index is 15.0. The van der Waals surface area contributed by atoms with Gasteiger partial charge in [0.15, 0.2) is 28.5 Å². The number of carbonyl (C=O) groups is 2. The molecule has 2 aromatic carbocycles. The van der Waals surface area contributed by atoms with Crippen LogP contribution in [-0.4, -0.2) is 53.1 Å². The molecule has 2 N–H and O–H groups in total. The van der Waals surface area contributed by atoms with Crippen LogP contribution in [0.3, 0.4) is 0 Å². The van der Waals surface area contributed by atoms with E-state index in [1.807, 2.05) is 0 Å². The van der Waals surface area contributed by atoms with E-state index in [1.54, 1.807) is 12.3 Å². The van der Waals surface area contributed by atoms with Gasteiger partial charge in [0.05, 0.1) is 19.4 Å². The second-order valence-corrected chi connectivity index (χ2v) is 9.55. The van der Waals surface area contributed by atoms with Gasteiger partial charge < -0.3 is 25.0 Å². The Balaban J connectivity index is 1.14. The van der Waals surface area contributed by atoms with E-state index in [-0.39, 0.29) is 17.2 Å². The lowest BCUT2D eigenvalue weighted by Gasteiger charge is -2.27. The number of rotatable bonds is 7. The Bertz CT molecular complexity index is 1590. The third-order valence-corrected chi connectivity index (χ3v) is 6.86. The second kappa shape index (κ2) is 10.5. The van der Waals surface area contributed by atoms with Crippen LogP contribution in [0.4, 0.5) is 26.0 Å². The third kappa shape index (κ3) is 5.13. The van der Waals surface area contributed by atoms with Crippen molar-refractivity contribution in [1.29, 1.82) is 0 Å². The zero-order valence-corrected chi connectivity index (χ0v) is 21.2. The lowest BCUT2D eigenvalue weighted by Crippen LogP contribution is -2.36. The number of morpholine rings is 1. The van der Waals surface area contributed by atoms with Crippen molar-refractivity contribution in [2.75, 3.05) is 41.8 Å². The molecule has 2 aliphatic rings. The predicted molar refractivity (Wildman–Crippen MR) is 142 cm³/mol. The summed E-state index contributed by atoms with van der Waals surface area (Å²) >= 11 is 0. The summed E-state index contributed by atoms with van der Waals surface area (Å²) in [6.45, 7) is 2.61. The van der Waals surface area contributed by atoms with E-state index in [2.05, 4.69) is 30.5 Å². The van der Waals surface area contributed by atoms with Gasteiger partial charge in [0, 0.05) is 42.8 Å². The molecule has 1 aliphatic heterocycles. The molecule has 3 heterocycles. The standard InChI is InChI=1S/C28H24F2N6O4/c29-17-1-3-18(4-2-17)33-26(37)28(8-9-28)27(38)34-19-5-6-21(20(30)15-19)40-22-7-10-31-25-24(22)32-16-23(35-25)36-11-13-39-14-12-36/h1-7,10,15-16H,8-9,11-14H2,(H,33,37)(H,34,38). The van der Waals surface area contributed by atoms with Crippen LogP contribution in [0.2, 0.25) is 0 Å². The SMILES string of the molecule is O=C(Nc1ccc(F)cc1)C1(C(=O)Nc2ccc(Oc3ccnc4nc(N5CCOCC5)cnc34)c(F)c2)CC1. The molecule has 204 valence electrons. The molecule has 0 atom stereocenters. The van der Waals surface area contributed by atoms with E-state index < -0.39 is 28.9 Å². The Morgan fingerprint density at radius 3 is 2.30 bits per heavy atom. The molecule has 1 saturated heterocycles. The first kappa shape index (κ1) is 25.6. The Labute approximate surface area is 227 Å². The topological polar surface area (TPSA) is 119 Å². The fraction of sp³-hybridized carbons (Fsp3) is 0.250. The molecule has 0 spiro atoms. The number of benzene rings is 2. The van der Waals surface area contributed by atoms with Crippen LogP contribution in [0.1, 0.15) is 12.8 Å². The van der Waals surface area contributed by atoms with Crippen LogP contribution in [0, 0.1) is 17.0 Å². The monoisotopic (exact) mass is 546 g/mol. The van der Waals surface area contributed by atoms with Crippen LogP contribution in [0.25, 0.3) is 11.2 Å². The zero-order valence-electron chi connectivity index (χ0n) is 21.2. The normalized spacial score (nSPS) is 15.9. The van der Waals surface area contributed by atoms with Crippen molar-refractivity contribution in [2.24, 2.45) is 5.41 Å². The molecule has 6 rings (SSSR count). The molecule has 0 bridgehead atoms. The molecule has 0 unspecified atom stereocenters. The average Bonchev–Trinajstić information content (AvgIpc) is 3.79. The minimum absolute atomic E-state index is 0.0836. The van der Waals surface area contributed by atoms with Gasteiger partial charge in [-0.15, -0.1) is 0 Å². The molecule has 10 nitrogen and oxygen atoms in total. The van der Waals surface area contributed by atoms with E-state index in [9.17, 15) is 14.0 Å². The van der Waals surface area contributed by atoms with Gasteiger partial charge in [0.25, 0.3) is 0 Å². The van der Waals surface area contributed by atoms with Gasteiger partial charge in [-0.2, -0.15) is 0 Å². The Hall–Kier alpha value is -4.71. The minimum Gasteiger partial charge on any atom is -0.452 e. The quantitative estimate of drug-likeness (QED) is 0.330. The molecule has 2 fully saturated rings. The number of nitrogens with zero attached hydrogens (tertiary/aromatic N) is 4. The fourth-order valence-electron chi connectivity index (χ4n) is 4.41. The number of aromatic nitrogens is 3. The summed E-state index contributed by atoms with van der Waals surface area (Å²) in [7, 11) is 0. The van der Waals surface area contributed by atoms with E-state index in [0.717, 1.165) is 6.07 Å². The minimum atomic E-state index is -1.27. The second-order valence-electron chi connectivity index (χ2n) is 9.55. The van der Waals surface area contributed by atoms with Crippen molar-refractivity contribution in [3.8, 4) is 11.5 Å². The molecule has 40 heavy (non-hydrogen) atoms. The van der Waals surface area contributed by atoms with E-state index >= 15 is 4.39 Å². The first-order chi connectivity index (χ1) is 19.4. The van der Waals surface area contributed by atoms with Gasteiger partial charge in [-0.05, 0) is 49.2 Å². The summed E-state index contributed by atoms with van der Waals surface area (Å²) in [5.74, 6) is -1.34. The molecular formula is C28H24F2N6O4. The van der Waals surface area contributed by atoms with Crippen molar-refractivity contribution in [3.63, 3.8) is 0 Å². The highest BCUT2D eigenvalue weighted by Crippen LogP contribution is 2.47. The van der Waals surface area contributed by atoms with Crippen molar-refractivity contribution >= 4 is 40.2 Å². The summed E-state index contributed by atoms with van der Waals surface area (Å²) in [4.78, 5) is 41.1. The predicted octanol–water partition coefficient (Wildman–Crippen LogP) is 4.29. The van der Waals surface area contributed by atoms with Crippen molar-refractivity contribution in [3.05, 3.63) is 72.6 Å². The summed E-state index contributed by atoms with van der Waals surface area (Å²) in [6, 6.07) is 10.8. The first-order valence-corrected chi connectivity index (χ1v) is 12.7. The van der Waals surface area contributed by atoms with Crippen LogP contribution < -0.4 is 20.3 Å². The van der Waals surface area contributed by atoms with Gasteiger partial charge in [-0.25, -0.2) is 23.7 Å². The largest absolute Gasteiger partial charge is 0.452 e. The van der Waals surface area contributed by atoms with Crippen LogP contribution in [-0.2, 0) is 14.3 Å². The lowest BCUT2D eigenvalue weighted by atomic mass is 10.0. The highest BCUT2D eigenvalue weighted by Gasteiger charge is 2.56. The number of halogens is 2. The van der Waals surface area contributed by atoms with Crippen LogP contribution in [0.15, 0.2) is 60.9 Å². The Morgan fingerprint density at radius 1 is 0.900 bits per heavy atom. The number of fused-ring (bicyclic) bond motifs is 1. The highest BCUT2D eigenvalue weighted by molar-refractivity contribution is 6.16. The maximum atomic E-state index is 15.0. The molecule has 2 aromatic heterocycles. The lowest BCUT2D eigenvalue weighted by molar-refractivity contribution is -0.131. The summed E-state index contributed by atoms with van der Waals surface area (Å²) in [5, 5.41) is 5.26. The first-order valence-electron chi connectivity index (χ1n) is 12.7. The van der Waals surface area contributed by atoms with Gasteiger partial charge in [-0.1, -0.05) is 0 Å². The number of hydrogen-bond donors (Lipinski definition) is 2. The van der Waals surface area contributed by atoms with Crippen molar-refractivity contribution in [1.82, 2.24) is 15.0 Å². The van der Waals surface area contributed by atoms with Gasteiger partial charge in [-0.3, -0.25) is 9.59 Å².